The molecule has 0 spiro atoms. The summed E-state index contributed by atoms with van der Waals surface area (Å²) in [6.07, 6.45) is -1.52. The number of amides is 1. The van der Waals surface area contributed by atoms with Crippen LogP contribution in [-0.2, 0) is 6.18 Å². The van der Waals surface area contributed by atoms with Crippen molar-refractivity contribution in [1.82, 2.24) is 15.2 Å². The lowest BCUT2D eigenvalue weighted by Gasteiger charge is -2.34. The number of carbonyl (C=O) groups excluding carboxylic acids is 1. The van der Waals surface area contributed by atoms with Crippen molar-refractivity contribution in [1.29, 1.82) is 0 Å². The first kappa shape index (κ1) is 14.3. The van der Waals surface area contributed by atoms with E-state index in [1.54, 1.807) is 4.90 Å². The van der Waals surface area contributed by atoms with Crippen LogP contribution in [0.1, 0.15) is 28.9 Å². The third kappa shape index (κ3) is 2.88. The number of rotatable bonds is 1. The lowest BCUT2D eigenvalue weighted by Crippen LogP contribution is -2.46. The van der Waals surface area contributed by atoms with Crippen LogP contribution in [0.4, 0.5) is 13.2 Å². The Labute approximate surface area is 120 Å². The zero-order valence-corrected chi connectivity index (χ0v) is 11.4. The van der Waals surface area contributed by atoms with Crippen LogP contribution in [0.5, 0.6) is 0 Å². The summed E-state index contributed by atoms with van der Waals surface area (Å²) in [4.78, 5) is 17.4. The van der Waals surface area contributed by atoms with E-state index in [4.69, 9.17) is 0 Å². The van der Waals surface area contributed by atoms with E-state index in [2.05, 4.69) is 10.3 Å². The first-order valence-corrected chi connectivity index (χ1v) is 7.01. The monoisotopic (exact) mass is 299 g/mol. The number of alkyl halides is 3. The molecule has 0 aliphatic carbocycles. The van der Waals surface area contributed by atoms with Gasteiger partial charge < -0.3 is 10.2 Å². The maximum atomic E-state index is 12.5. The van der Waals surface area contributed by atoms with Crippen LogP contribution in [0.2, 0.25) is 0 Å². The normalized spacial score (nSPS) is 25.8. The highest BCUT2D eigenvalue weighted by atomic mass is 19.4. The Bertz CT molecular complexity index is 529. The SMILES string of the molecule is O=C(c1ccc(C(F)(F)F)nc1)N1CCC2NCCC2C1. The van der Waals surface area contributed by atoms with Crippen molar-refractivity contribution in [2.24, 2.45) is 5.92 Å². The first-order valence-electron chi connectivity index (χ1n) is 7.01. The van der Waals surface area contributed by atoms with Gasteiger partial charge in [-0.05, 0) is 37.4 Å². The summed E-state index contributed by atoms with van der Waals surface area (Å²) >= 11 is 0. The quantitative estimate of drug-likeness (QED) is 0.862. The maximum Gasteiger partial charge on any atom is 0.433 e. The van der Waals surface area contributed by atoms with Gasteiger partial charge in [-0.1, -0.05) is 0 Å². The third-order valence-electron chi connectivity index (χ3n) is 4.24. The number of piperidine rings is 1. The van der Waals surface area contributed by atoms with E-state index in [1.807, 2.05) is 0 Å². The summed E-state index contributed by atoms with van der Waals surface area (Å²) in [6.45, 7) is 2.27. The molecule has 114 valence electrons. The molecule has 3 heterocycles. The third-order valence-corrected chi connectivity index (χ3v) is 4.24. The van der Waals surface area contributed by atoms with Crippen LogP contribution < -0.4 is 5.32 Å². The molecule has 7 heteroatoms. The molecule has 3 rings (SSSR count). The van der Waals surface area contributed by atoms with Gasteiger partial charge in [0.15, 0.2) is 0 Å². The molecule has 0 aromatic carbocycles. The minimum atomic E-state index is -4.48. The van der Waals surface area contributed by atoms with Crippen LogP contribution in [0.3, 0.4) is 0 Å². The second-order valence-corrected chi connectivity index (χ2v) is 5.58. The van der Waals surface area contributed by atoms with E-state index in [9.17, 15) is 18.0 Å². The Morgan fingerprint density at radius 3 is 2.81 bits per heavy atom. The summed E-state index contributed by atoms with van der Waals surface area (Å²) in [5.41, 5.74) is -0.759. The molecule has 1 amide bonds. The molecule has 1 N–H and O–H groups in total. The van der Waals surface area contributed by atoms with Crippen LogP contribution >= 0.6 is 0 Å². The van der Waals surface area contributed by atoms with Gasteiger partial charge in [-0.2, -0.15) is 13.2 Å². The van der Waals surface area contributed by atoms with Gasteiger partial charge in [-0.25, -0.2) is 0 Å². The summed E-state index contributed by atoms with van der Waals surface area (Å²) < 4.78 is 37.4. The van der Waals surface area contributed by atoms with Gasteiger partial charge in [0, 0.05) is 25.3 Å². The highest BCUT2D eigenvalue weighted by Gasteiger charge is 2.35. The zero-order chi connectivity index (χ0) is 15.0. The minimum Gasteiger partial charge on any atom is -0.338 e. The van der Waals surface area contributed by atoms with Gasteiger partial charge in [0.25, 0.3) is 5.91 Å². The first-order chi connectivity index (χ1) is 9.95. The number of likely N-dealkylation sites (tertiary alicyclic amines) is 1. The number of fused-ring (bicyclic) bond motifs is 1. The van der Waals surface area contributed by atoms with E-state index in [-0.39, 0.29) is 11.5 Å². The molecule has 1 aromatic heterocycles. The summed E-state index contributed by atoms with van der Waals surface area (Å²) in [5.74, 6) is 0.215. The smallest absolute Gasteiger partial charge is 0.338 e. The van der Waals surface area contributed by atoms with E-state index >= 15 is 0 Å². The highest BCUT2D eigenvalue weighted by molar-refractivity contribution is 5.94. The fourth-order valence-corrected chi connectivity index (χ4v) is 3.10. The van der Waals surface area contributed by atoms with E-state index < -0.39 is 11.9 Å². The Morgan fingerprint density at radius 2 is 2.14 bits per heavy atom. The molecule has 0 radical (unpaired) electrons. The molecule has 0 saturated carbocycles. The van der Waals surface area contributed by atoms with Gasteiger partial charge in [0.2, 0.25) is 0 Å². The average Bonchev–Trinajstić information content (AvgIpc) is 2.93. The van der Waals surface area contributed by atoms with Crippen molar-refractivity contribution in [3.05, 3.63) is 29.6 Å². The largest absolute Gasteiger partial charge is 0.433 e. The van der Waals surface area contributed by atoms with Gasteiger partial charge in [-0.15, -0.1) is 0 Å². The second kappa shape index (κ2) is 5.29. The Kier molecular flexibility index (Phi) is 3.61. The Hall–Kier alpha value is -1.63. The minimum absolute atomic E-state index is 0.215. The lowest BCUT2D eigenvalue weighted by atomic mass is 9.93. The van der Waals surface area contributed by atoms with E-state index in [0.29, 0.717) is 25.0 Å². The van der Waals surface area contributed by atoms with E-state index in [1.165, 1.54) is 6.07 Å². The van der Waals surface area contributed by atoms with Crippen LogP contribution in [0, 0.1) is 5.92 Å². The average molecular weight is 299 g/mol. The van der Waals surface area contributed by atoms with Crippen molar-refractivity contribution in [2.45, 2.75) is 25.1 Å². The number of pyridine rings is 1. The van der Waals surface area contributed by atoms with Crippen molar-refractivity contribution < 1.29 is 18.0 Å². The molecule has 2 unspecified atom stereocenters. The molecule has 2 aliphatic rings. The van der Waals surface area contributed by atoms with Crippen molar-refractivity contribution in [3.63, 3.8) is 0 Å². The van der Waals surface area contributed by atoms with Crippen molar-refractivity contribution >= 4 is 5.91 Å². The molecular weight excluding hydrogens is 283 g/mol. The van der Waals surface area contributed by atoms with Gasteiger partial charge in [0.1, 0.15) is 5.69 Å². The molecule has 2 fully saturated rings. The van der Waals surface area contributed by atoms with E-state index in [0.717, 1.165) is 31.6 Å². The number of carbonyl (C=O) groups is 1. The lowest BCUT2D eigenvalue weighted by molar-refractivity contribution is -0.141. The molecule has 21 heavy (non-hydrogen) atoms. The number of hydrogen-bond acceptors (Lipinski definition) is 3. The molecule has 2 saturated heterocycles. The molecule has 2 aliphatic heterocycles. The highest BCUT2D eigenvalue weighted by Crippen LogP contribution is 2.28. The topological polar surface area (TPSA) is 45.2 Å². The second-order valence-electron chi connectivity index (χ2n) is 5.58. The predicted octanol–water partition coefficient (Wildman–Crippen LogP) is 1.92. The molecular formula is C14H16F3N3O. The number of hydrogen-bond donors (Lipinski definition) is 1. The molecule has 4 nitrogen and oxygen atoms in total. The number of nitrogens with one attached hydrogen (secondary N) is 1. The predicted molar refractivity (Wildman–Crippen MR) is 69.7 cm³/mol. The fourth-order valence-electron chi connectivity index (χ4n) is 3.10. The van der Waals surface area contributed by atoms with Crippen molar-refractivity contribution in [3.8, 4) is 0 Å². The maximum absolute atomic E-state index is 12.5. The van der Waals surface area contributed by atoms with Crippen LogP contribution in [0.25, 0.3) is 0 Å². The fraction of sp³-hybridized carbons (Fsp3) is 0.571. The molecule has 2 atom stereocenters. The standard InChI is InChI=1S/C14H16F3N3O/c15-14(16,17)12-2-1-9(7-19-12)13(21)20-6-4-11-10(8-20)3-5-18-11/h1-2,7,10-11,18H,3-6,8H2. The number of nitrogens with zero attached hydrogens (tertiary/aromatic N) is 2. The molecule has 0 bridgehead atoms. The van der Waals surface area contributed by atoms with Gasteiger partial charge in [0.05, 0.1) is 5.56 Å². The number of halogens is 3. The van der Waals surface area contributed by atoms with Crippen LogP contribution in [0.15, 0.2) is 18.3 Å². The number of aromatic nitrogens is 1. The molecule has 1 aromatic rings. The Morgan fingerprint density at radius 1 is 1.33 bits per heavy atom. The summed E-state index contributed by atoms with van der Waals surface area (Å²) in [5, 5.41) is 3.41. The van der Waals surface area contributed by atoms with Crippen molar-refractivity contribution in [2.75, 3.05) is 19.6 Å². The van der Waals surface area contributed by atoms with Gasteiger partial charge >= 0.3 is 6.18 Å². The summed E-state index contributed by atoms with van der Waals surface area (Å²) in [6, 6.07) is 2.54. The zero-order valence-electron chi connectivity index (χ0n) is 11.4. The Balaban J connectivity index is 1.70. The van der Waals surface area contributed by atoms with Crippen LogP contribution in [-0.4, -0.2) is 41.5 Å². The van der Waals surface area contributed by atoms with Gasteiger partial charge in [-0.3, -0.25) is 9.78 Å². The summed E-state index contributed by atoms with van der Waals surface area (Å²) in [7, 11) is 0.